The maximum atomic E-state index is 13.4. The fourth-order valence-corrected chi connectivity index (χ4v) is 5.01. The zero-order valence-electron chi connectivity index (χ0n) is 17.5. The van der Waals surface area contributed by atoms with Gasteiger partial charge in [-0.2, -0.15) is 0 Å². The van der Waals surface area contributed by atoms with E-state index in [1.807, 2.05) is 0 Å². The van der Waals surface area contributed by atoms with E-state index in [9.17, 15) is 13.2 Å². The lowest BCUT2D eigenvalue weighted by Gasteiger charge is -2.23. The van der Waals surface area contributed by atoms with Crippen LogP contribution < -0.4 is 19.1 Å². The molecule has 1 heterocycles. The standard InChI is InChI=1S/C24H21ClN2O5S/c1-2-12-27(18-6-4-3-5-7-18)33(29,30)19-9-10-21(25)20(16-19)24(28)26-17-8-11-22-23(15-17)32-14-13-31-22/h2-11,15-16H,1,12-14H2,(H,26,28). The fourth-order valence-electron chi connectivity index (χ4n) is 3.34. The Kier molecular flexibility index (Phi) is 6.57. The first kappa shape index (κ1) is 22.7. The van der Waals surface area contributed by atoms with Gasteiger partial charge in [0, 0.05) is 11.8 Å². The highest BCUT2D eigenvalue weighted by Gasteiger charge is 2.26. The Balaban J connectivity index is 1.64. The van der Waals surface area contributed by atoms with Crippen molar-refractivity contribution < 1.29 is 22.7 Å². The van der Waals surface area contributed by atoms with Crippen LogP contribution in [0.25, 0.3) is 0 Å². The minimum Gasteiger partial charge on any atom is -0.486 e. The summed E-state index contributed by atoms with van der Waals surface area (Å²) in [5.74, 6) is 0.557. The van der Waals surface area contributed by atoms with Crippen LogP contribution in [0.15, 0.2) is 84.3 Å². The number of rotatable bonds is 7. The third-order valence-corrected chi connectivity index (χ3v) is 7.03. The Bertz CT molecular complexity index is 1300. The molecule has 1 aliphatic heterocycles. The Labute approximate surface area is 197 Å². The summed E-state index contributed by atoms with van der Waals surface area (Å²) in [7, 11) is -3.99. The van der Waals surface area contributed by atoms with E-state index in [0.29, 0.717) is 36.1 Å². The molecule has 3 aromatic carbocycles. The normalized spacial score (nSPS) is 12.6. The van der Waals surface area contributed by atoms with Gasteiger partial charge in [-0.25, -0.2) is 8.42 Å². The SMILES string of the molecule is C=CCN(c1ccccc1)S(=O)(=O)c1ccc(Cl)c(C(=O)Nc2ccc3c(c2)OCCO3)c1. The average Bonchev–Trinajstić information content (AvgIpc) is 2.83. The number of hydrogen-bond acceptors (Lipinski definition) is 5. The number of anilines is 2. The van der Waals surface area contributed by atoms with Crippen molar-refractivity contribution in [1.29, 1.82) is 0 Å². The predicted molar refractivity (Wildman–Crippen MR) is 128 cm³/mol. The van der Waals surface area contributed by atoms with Gasteiger partial charge in [-0.1, -0.05) is 35.9 Å². The zero-order valence-corrected chi connectivity index (χ0v) is 19.1. The van der Waals surface area contributed by atoms with Gasteiger partial charge in [-0.15, -0.1) is 6.58 Å². The molecule has 0 bridgehead atoms. The molecule has 4 rings (SSSR count). The van der Waals surface area contributed by atoms with Crippen molar-refractivity contribution in [3.8, 4) is 11.5 Å². The number of fused-ring (bicyclic) bond motifs is 1. The third-order valence-electron chi connectivity index (χ3n) is 4.91. The molecule has 0 radical (unpaired) electrons. The van der Waals surface area contributed by atoms with E-state index in [1.54, 1.807) is 48.5 Å². The number of amides is 1. The van der Waals surface area contributed by atoms with Crippen molar-refractivity contribution in [2.24, 2.45) is 0 Å². The summed E-state index contributed by atoms with van der Waals surface area (Å²) in [6, 6.07) is 17.7. The van der Waals surface area contributed by atoms with Gasteiger partial charge in [0.15, 0.2) is 11.5 Å². The van der Waals surface area contributed by atoms with Crippen molar-refractivity contribution in [3.05, 3.63) is 90.0 Å². The minimum absolute atomic E-state index is 0.0271. The molecule has 0 saturated heterocycles. The zero-order chi connectivity index (χ0) is 23.4. The molecule has 1 aliphatic rings. The molecule has 0 saturated carbocycles. The molecule has 0 fully saturated rings. The predicted octanol–water partition coefficient (Wildman–Crippen LogP) is 4.74. The van der Waals surface area contributed by atoms with Gasteiger partial charge in [-0.05, 0) is 42.5 Å². The molecule has 1 N–H and O–H groups in total. The average molecular weight is 485 g/mol. The molecule has 9 heteroatoms. The van der Waals surface area contributed by atoms with Crippen LogP contribution >= 0.6 is 11.6 Å². The molecular formula is C24H21ClN2O5S. The van der Waals surface area contributed by atoms with Gasteiger partial charge in [0.25, 0.3) is 15.9 Å². The van der Waals surface area contributed by atoms with E-state index in [1.165, 1.54) is 28.6 Å². The topological polar surface area (TPSA) is 84.9 Å². The highest BCUT2D eigenvalue weighted by atomic mass is 35.5. The van der Waals surface area contributed by atoms with Crippen molar-refractivity contribution in [2.75, 3.05) is 29.4 Å². The van der Waals surface area contributed by atoms with Gasteiger partial charge in [0.1, 0.15) is 13.2 Å². The van der Waals surface area contributed by atoms with Crippen LogP contribution in [0.3, 0.4) is 0 Å². The Morgan fingerprint density at radius 2 is 1.76 bits per heavy atom. The summed E-state index contributed by atoms with van der Waals surface area (Å²) >= 11 is 6.25. The molecule has 0 atom stereocenters. The smallest absolute Gasteiger partial charge is 0.264 e. The molecule has 7 nitrogen and oxygen atoms in total. The number of ether oxygens (including phenoxy) is 2. The van der Waals surface area contributed by atoms with Crippen molar-refractivity contribution >= 4 is 38.9 Å². The number of nitrogens with one attached hydrogen (secondary N) is 1. The summed E-state index contributed by atoms with van der Waals surface area (Å²) in [6.07, 6.45) is 1.50. The van der Waals surface area contributed by atoms with E-state index >= 15 is 0 Å². The Hall–Kier alpha value is -3.49. The largest absolute Gasteiger partial charge is 0.486 e. The van der Waals surface area contributed by atoms with Gasteiger partial charge in [0.05, 0.1) is 27.7 Å². The number of nitrogens with zero attached hydrogens (tertiary/aromatic N) is 1. The molecule has 3 aromatic rings. The quantitative estimate of drug-likeness (QED) is 0.489. The number of para-hydroxylation sites is 1. The van der Waals surface area contributed by atoms with E-state index in [0.717, 1.165) is 0 Å². The van der Waals surface area contributed by atoms with Crippen molar-refractivity contribution in [1.82, 2.24) is 0 Å². The number of sulfonamides is 1. The van der Waals surface area contributed by atoms with E-state index < -0.39 is 15.9 Å². The van der Waals surface area contributed by atoms with Crippen LogP contribution in [0.1, 0.15) is 10.4 Å². The summed E-state index contributed by atoms with van der Waals surface area (Å²) in [5.41, 5.74) is 0.972. The summed E-state index contributed by atoms with van der Waals surface area (Å²) in [6.45, 7) is 4.60. The monoisotopic (exact) mass is 484 g/mol. The lowest BCUT2D eigenvalue weighted by Crippen LogP contribution is -2.31. The van der Waals surface area contributed by atoms with Gasteiger partial charge >= 0.3 is 0 Å². The Morgan fingerprint density at radius 3 is 2.48 bits per heavy atom. The molecule has 1 amide bonds. The number of benzene rings is 3. The third kappa shape index (κ3) is 4.81. The lowest BCUT2D eigenvalue weighted by atomic mass is 10.2. The van der Waals surface area contributed by atoms with Gasteiger partial charge in [0.2, 0.25) is 0 Å². The first-order chi connectivity index (χ1) is 15.9. The second kappa shape index (κ2) is 9.56. The second-order valence-electron chi connectivity index (χ2n) is 7.11. The van der Waals surface area contributed by atoms with E-state index in [-0.39, 0.29) is 22.0 Å². The number of hydrogen-bond donors (Lipinski definition) is 1. The summed E-state index contributed by atoms with van der Waals surface area (Å²) in [4.78, 5) is 12.9. The van der Waals surface area contributed by atoms with E-state index in [2.05, 4.69) is 11.9 Å². The van der Waals surface area contributed by atoms with Crippen LogP contribution in [-0.2, 0) is 10.0 Å². The molecule has 170 valence electrons. The molecule has 0 aliphatic carbocycles. The van der Waals surface area contributed by atoms with Crippen LogP contribution in [-0.4, -0.2) is 34.1 Å². The lowest BCUT2D eigenvalue weighted by molar-refractivity contribution is 0.102. The van der Waals surface area contributed by atoms with Gasteiger partial charge < -0.3 is 14.8 Å². The maximum absolute atomic E-state index is 13.4. The first-order valence-corrected chi connectivity index (χ1v) is 11.9. The van der Waals surface area contributed by atoms with E-state index in [4.69, 9.17) is 21.1 Å². The highest BCUT2D eigenvalue weighted by molar-refractivity contribution is 7.92. The minimum atomic E-state index is -3.99. The van der Waals surface area contributed by atoms with Crippen molar-refractivity contribution in [3.63, 3.8) is 0 Å². The molecule has 0 unspecified atom stereocenters. The number of carbonyl (C=O) groups is 1. The van der Waals surface area contributed by atoms with Crippen LogP contribution in [0.4, 0.5) is 11.4 Å². The van der Waals surface area contributed by atoms with Crippen LogP contribution in [0.5, 0.6) is 11.5 Å². The maximum Gasteiger partial charge on any atom is 0.264 e. The summed E-state index contributed by atoms with van der Waals surface area (Å²) < 4.78 is 39.0. The second-order valence-corrected chi connectivity index (χ2v) is 9.38. The number of halogens is 1. The fraction of sp³-hybridized carbons (Fsp3) is 0.125. The van der Waals surface area contributed by atoms with Crippen LogP contribution in [0, 0.1) is 0 Å². The summed E-state index contributed by atoms with van der Waals surface area (Å²) in [5, 5.41) is 2.85. The molecule has 0 aromatic heterocycles. The first-order valence-electron chi connectivity index (χ1n) is 10.1. The van der Waals surface area contributed by atoms with Gasteiger partial charge in [-0.3, -0.25) is 9.10 Å². The van der Waals surface area contributed by atoms with Crippen molar-refractivity contribution in [2.45, 2.75) is 4.90 Å². The number of carbonyl (C=O) groups excluding carboxylic acids is 1. The van der Waals surface area contributed by atoms with Crippen LogP contribution in [0.2, 0.25) is 5.02 Å². The molecule has 0 spiro atoms. The Morgan fingerprint density at radius 1 is 1.03 bits per heavy atom. The molecular weight excluding hydrogens is 464 g/mol. The highest BCUT2D eigenvalue weighted by Crippen LogP contribution is 2.33. The molecule has 33 heavy (non-hydrogen) atoms.